The first-order chi connectivity index (χ1) is 10.7. The van der Waals surface area contributed by atoms with Crippen LogP contribution in [0.1, 0.15) is 25.8 Å². The first-order valence-electron chi connectivity index (χ1n) is 7.40. The number of hydrogen-bond acceptors (Lipinski definition) is 6. The molecule has 0 N–H and O–H groups in total. The van der Waals surface area contributed by atoms with Crippen LogP contribution in [0.15, 0.2) is 35.5 Å². The Morgan fingerprint density at radius 3 is 2.50 bits per heavy atom. The lowest BCUT2D eigenvalue weighted by molar-refractivity contribution is 0.0956. The third kappa shape index (κ3) is 4.65. The molecule has 2 rings (SSSR count). The van der Waals surface area contributed by atoms with E-state index in [1.54, 1.807) is 13.8 Å². The Kier molecular flexibility index (Phi) is 6.58. The van der Waals surface area contributed by atoms with Crippen LogP contribution in [0.25, 0.3) is 0 Å². The summed E-state index contributed by atoms with van der Waals surface area (Å²) in [5.41, 5.74) is 1.80. The molecule has 1 aliphatic rings. The fourth-order valence-electron chi connectivity index (χ4n) is 2.09. The van der Waals surface area contributed by atoms with Crippen LogP contribution in [-0.2, 0) is 29.8 Å². The summed E-state index contributed by atoms with van der Waals surface area (Å²) >= 11 is 0. The van der Waals surface area contributed by atoms with E-state index in [1.807, 2.05) is 30.3 Å². The van der Waals surface area contributed by atoms with E-state index in [-0.39, 0.29) is 0 Å². The second-order valence-electron chi connectivity index (χ2n) is 4.78. The predicted octanol–water partition coefficient (Wildman–Crippen LogP) is 3.57. The number of oxime groups is 1. The van der Waals surface area contributed by atoms with Crippen LogP contribution in [0, 0.1) is 0 Å². The Morgan fingerprint density at radius 2 is 1.86 bits per heavy atom. The molecule has 0 saturated carbocycles. The quantitative estimate of drug-likeness (QED) is 0.649. The van der Waals surface area contributed by atoms with Crippen LogP contribution in [-0.4, -0.2) is 31.4 Å². The van der Waals surface area contributed by atoms with Gasteiger partial charge in [0.05, 0.1) is 32.1 Å². The molecule has 0 bridgehead atoms. The topological polar surface area (TPSA) is 66.4 Å². The molecule has 0 amide bonds. The molecule has 0 spiro atoms. The Bertz CT molecular complexity index is 524. The lowest BCUT2D eigenvalue weighted by Crippen LogP contribution is -2.15. The fourth-order valence-corrected chi connectivity index (χ4v) is 3.81. The monoisotopic (exact) mass is 327 g/mol. The van der Waals surface area contributed by atoms with Gasteiger partial charge in [0.2, 0.25) is 5.85 Å². The standard InChI is InChI=1S/C15H22NO5P/c1-3-19-22(17,20-4-2)15-10-14(16-21-15)12-18-11-13-8-6-5-7-9-13/h5-9,15H,3-4,10-12H2,1-2H3/t15-/m0/s1. The lowest BCUT2D eigenvalue weighted by Gasteiger charge is -2.20. The third-order valence-corrected chi connectivity index (χ3v) is 5.28. The number of nitrogens with zero attached hydrogens (tertiary/aromatic N) is 1. The van der Waals surface area contributed by atoms with Crippen molar-refractivity contribution in [3.63, 3.8) is 0 Å². The molecule has 7 heteroatoms. The highest BCUT2D eigenvalue weighted by atomic mass is 31.2. The lowest BCUT2D eigenvalue weighted by atomic mass is 10.2. The SMILES string of the molecule is CCOP(=O)(OCC)[C@H]1CC(COCc2ccccc2)=NO1. The minimum atomic E-state index is -3.29. The van der Waals surface area contributed by atoms with Crippen LogP contribution in [0.3, 0.4) is 0 Å². The summed E-state index contributed by atoms with van der Waals surface area (Å²) in [4.78, 5) is 5.23. The Morgan fingerprint density at radius 1 is 1.18 bits per heavy atom. The highest BCUT2D eigenvalue weighted by Gasteiger charge is 2.41. The normalized spacial score (nSPS) is 18.1. The van der Waals surface area contributed by atoms with Crippen molar-refractivity contribution in [2.75, 3.05) is 19.8 Å². The molecule has 0 unspecified atom stereocenters. The molecule has 1 aromatic rings. The molecule has 1 aliphatic heterocycles. The minimum absolute atomic E-state index is 0.303. The van der Waals surface area contributed by atoms with Gasteiger partial charge >= 0.3 is 7.60 Å². The van der Waals surface area contributed by atoms with Crippen molar-refractivity contribution >= 4 is 13.3 Å². The average molecular weight is 327 g/mol. The van der Waals surface area contributed by atoms with E-state index < -0.39 is 13.4 Å². The third-order valence-electron chi connectivity index (χ3n) is 3.06. The maximum Gasteiger partial charge on any atom is 0.374 e. The summed E-state index contributed by atoms with van der Waals surface area (Å²) in [6, 6.07) is 9.88. The highest BCUT2D eigenvalue weighted by Crippen LogP contribution is 2.55. The van der Waals surface area contributed by atoms with Crippen LogP contribution in [0.4, 0.5) is 0 Å². The van der Waals surface area contributed by atoms with Crippen molar-refractivity contribution in [3.8, 4) is 0 Å². The van der Waals surface area contributed by atoms with Gasteiger partial charge in [0.15, 0.2) is 0 Å². The number of ether oxygens (including phenoxy) is 1. The van der Waals surface area contributed by atoms with Crippen LogP contribution in [0.2, 0.25) is 0 Å². The average Bonchev–Trinajstić information content (AvgIpc) is 2.98. The van der Waals surface area contributed by atoms with E-state index >= 15 is 0 Å². The van der Waals surface area contributed by atoms with E-state index in [0.717, 1.165) is 5.56 Å². The van der Waals surface area contributed by atoms with Crippen molar-refractivity contribution in [2.24, 2.45) is 5.16 Å². The first kappa shape index (κ1) is 17.2. The maximum absolute atomic E-state index is 12.6. The molecule has 122 valence electrons. The Balaban J connectivity index is 1.80. The van der Waals surface area contributed by atoms with E-state index in [0.29, 0.717) is 38.6 Å². The molecule has 6 nitrogen and oxygen atoms in total. The summed E-state index contributed by atoms with van der Waals surface area (Å²) in [5.74, 6) is -0.678. The smallest absolute Gasteiger partial charge is 0.374 e. The molecule has 1 aromatic carbocycles. The van der Waals surface area contributed by atoms with Gasteiger partial charge in [-0.1, -0.05) is 35.5 Å². The highest BCUT2D eigenvalue weighted by molar-refractivity contribution is 7.54. The number of hydrogen-bond donors (Lipinski definition) is 0. The molecule has 0 saturated heterocycles. The van der Waals surface area contributed by atoms with Crippen LogP contribution < -0.4 is 0 Å². The van der Waals surface area contributed by atoms with Gasteiger partial charge in [-0.25, -0.2) is 0 Å². The summed E-state index contributed by atoms with van der Waals surface area (Å²) < 4.78 is 28.7. The Labute approximate surface area is 130 Å². The molecular weight excluding hydrogens is 305 g/mol. The van der Waals surface area contributed by atoms with Gasteiger partial charge in [0, 0.05) is 6.42 Å². The largest absolute Gasteiger partial charge is 0.379 e. The summed E-state index contributed by atoms with van der Waals surface area (Å²) in [5, 5.41) is 3.94. The summed E-state index contributed by atoms with van der Waals surface area (Å²) in [6.45, 7) is 4.98. The predicted molar refractivity (Wildman–Crippen MR) is 83.9 cm³/mol. The Hall–Kier alpha value is -1.20. The van der Waals surface area contributed by atoms with E-state index in [1.165, 1.54) is 0 Å². The second kappa shape index (κ2) is 8.44. The number of benzene rings is 1. The van der Waals surface area contributed by atoms with Crippen molar-refractivity contribution in [3.05, 3.63) is 35.9 Å². The van der Waals surface area contributed by atoms with Crippen LogP contribution >= 0.6 is 7.60 Å². The minimum Gasteiger partial charge on any atom is -0.379 e. The molecular formula is C15H22NO5P. The zero-order chi connectivity index (χ0) is 15.8. The zero-order valence-electron chi connectivity index (χ0n) is 12.9. The van der Waals surface area contributed by atoms with Gasteiger partial charge in [0.25, 0.3) is 0 Å². The molecule has 0 fully saturated rings. The first-order valence-corrected chi connectivity index (χ1v) is 9.01. The molecule has 1 atom stereocenters. The van der Waals surface area contributed by atoms with Gasteiger partial charge in [-0.15, -0.1) is 0 Å². The molecule has 0 aliphatic carbocycles. The van der Waals surface area contributed by atoms with Gasteiger partial charge in [-0.2, -0.15) is 0 Å². The van der Waals surface area contributed by atoms with Crippen LogP contribution in [0.5, 0.6) is 0 Å². The van der Waals surface area contributed by atoms with E-state index in [4.69, 9.17) is 18.6 Å². The van der Waals surface area contributed by atoms with Gasteiger partial charge in [-0.3, -0.25) is 4.57 Å². The zero-order valence-corrected chi connectivity index (χ0v) is 13.8. The summed E-state index contributed by atoms with van der Waals surface area (Å²) in [6.07, 6.45) is 0.395. The van der Waals surface area contributed by atoms with Gasteiger partial charge < -0.3 is 18.6 Å². The van der Waals surface area contributed by atoms with Crippen molar-refractivity contribution in [2.45, 2.75) is 32.7 Å². The maximum atomic E-state index is 12.6. The van der Waals surface area contributed by atoms with Gasteiger partial charge in [0.1, 0.15) is 0 Å². The van der Waals surface area contributed by atoms with E-state index in [2.05, 4.69) is 5.16 Å². The number of rotatable bonds is 9. The molecule has 1 heterocycles. The van der Waals surface area contributed by atoms with E-state index in [9.17, 15) is 4.57 Å². The van der Waals surface area contributed by atoms with Crippen molar-refractivity contribution in [1.82, 2.24) is 0 Å². The van der Waals surface area contributed by atoms with Gasteiger partial charge in [-0.05, 0) is 19.4 Å². The molecule has 0 aromatic heterocycles. The van der Waals surface area contributed by atoms with Crippen molar-refractivity contribution < 1.29 is 23.2 Å². The second-order valence-corrected chi connectivity index (χ2v) is 6.95. The summed E-state index contributed by atoms with van der Waals surface area (Å²) in [7, 11) is -3.29. The molecule has 22 heavy (non-hydrogen) atoms. The van der Waals surface area contributed by atoms with Crippen molar-refractivity contribution in [1.29, 1.82) is 0 Å². The molecule has 0 radical (unpaired) electrons. The fraction of sp³-hybridized carbons (Fsp3) is 0.533.